The summed E-state index contributed by atoms with van der Waals surface area (Å²) in [6, 6.07) is 0. The number of aliphatic hydroxyl groups is 1. The molecular weight excluding hydrogens is 424 g/mol. The first kappa shape index (κ1) is 24.3. The van der Waals surface area contributed by atoms with Crippen molar-refractivity contribution in [2.24, 2.45) is 45.3 Å². The van der Waals surface area contributed by atoms with Crippen molar-refractivity contribution in [1.29, 1.82) is 0 Å². The van der Waals surface area contributed by atoms with Crippen LogP contribution < -0.4 is 0 Å². The molecule has 4 fully saturated rings. The number of allylic oxidation sites excluding steroid dienone is 3. The van der Waals surface area contributed by atoms with Crippen LogP contribution in [0.4, 0.5) is 0 Å². The standard InChI is InChI=1S/C30H44O4/c1-17(2)9-8-10-18-24-22(34-26(18)33)16-30(7)20-15-21(31)25-27(3,4)23(32)12-13-28(25,5)19(20)11-14-29(24,30)6/h9,15,18-19,21-22,24-25,31H,8,10-14,16H2,1-7H3/t18-,19+,21-,22+,24-,25+,28-,29+,30-/m1/s1. The molecule has 5 rings (SSSR count). The third kappa shape index (κ3) is 2.99. The predicted molar refractivity (Wildman–Crippen MR) is 133 cm³/mol. The van der Waals surface area contributed by atoms with Crippen LogP contribution in [0.5, 0.6) is 0 Å². The van der Waals surface area contributed by atoms with E-state index >= 15 is 0 Å². The van der Waals surface area contributed by atoms with Gasteiger partial charge in [0.15, 0.2) is 0 Å². The number of rotatable bonds is 3. The number of Topliss-reactive ketones (excluding diaryl/α,β-unsaturated/α-hetero) is 1. The molecule has 0 radical (unpaired) electrons. The average molecular weight is 469 g/mol. The molecule has 9 atom stereocenters. The zero-order chi connectivity index (χ0) is 24.8. The van der Waals surface area contributed by atoms with Crippen LogP contribution in [0.15, 0.2) is 23.3 Å². The molecule has 5 aliphatic rings. The second kappa shape index (κ2) is 7.54. The van der Waals surface area contributed by atoms with Crippen LogP contribution in [0.3, 0.4) is 0 Å². The maximum absolute atomic E-state index is 12.9. The van der Waals surface area contributed by atoms with E-state index in [1.54, 1.807) is 0 Å². The van der Waals surface area contributed by atoms with Gasteiger partial charge >= 0.3 is 5.97 Å². The highest BCUT2D eigenvalue weighted by Crippen LogP contribution is 2.74. The minimum atomic E-state index is -0.605. The highest BCUT2D eigenvalue weighted by Gasteiger charge is 2.71. The van der Waals surface area contributed by atoms with Crippen molar-refractivity contribution in [2.75, 3.05) is 0 Å². The molecular formula is C30H44O4. The highest BCUT2D eigenvalue weighted by molar-refractivity contribution is 5.85. The number of hydrogen-bond donors (Lipinski definition) is 1. The van der Waals surface area contributed by atoms with E-state index in [1.807, 2.05) is 13.8 Å². The molecule has 4 nitrogen and oxygen atoms in total. The summed E-state index contributed by atoms with van der Waals surface area (Å²) in [5.41, 5.74) is 1.98. The lowest BCUT2D eigenvalue weighted by molar-refractivity contribution is -0.157. The molecule has 1 aliphatic heterocycles. The van der Waals surface area contributed by atoms with E-state index < -0.39 is 11.5 Å². The first-order valence-corrected chi connectivity index (χ1v) is 13.5. The van der Waals surface area contributed by atoms with E-state index in [9.17, 15) is 14.7 Å². The van der Waals surface area contributed by atoms with Crippen molar-refractivity contribution in [3.63, 3.8) is 0 Å². The van der Waals surface area contributed by atoms with Crippen molar-refractivity contribution in [3.05, 3.63) is 23.3 Å². The third-order valence-corrected chi connectivity index (χ3v) is 11.6. The third-order valence-electron chi connectivity index (χ3n) is 11.6. The molecule has 1 N–H and O–H groups in total. The summed E-state index contributed by atoms with van der Waals surface area (Å²) in [5, 5.41) is 11.5. The van der Waals surface area contributed by atoms with Gasteiger partial charge in [0.1, 0.15) is 11.9 Å². The molecule has 0 spiro atoms. The number of hydrogen-bond acceptors (Lipinski definition) is 4. The molecule has 1 heterocycles. The Balaban J connectivity index is 1.53. The van der Waals surface area contributed by atoms with Crippen LogP contribution in [-0.4, -0.2) is 29.1 Å². The molecule has 4 heteroatoms. The van der Waals surface area contributed by atoms with E-state index in [0.29, 0.717) is 18.1 Å². The lowest BCUT2D eigenvalue weighted by atomic mass is 9.40. The number of esters is 1. The predicted octanol–water partition coefficient (Wildman–Crippen LogP) is 6.03. The Morgan fingerprint density at radius 3 is 2.53 bits per heavy atom. The molecule has 0 unspecified atom stereocenters. The van der Waals surface area contributed by atoms with Gasteiger partial charge in [-0.3, -0.25) is 9.59 Å². The number of ether oxygens (including phenoxy) is 1. The molecule has 3 saturated carbocycles. The van der Waals surface area contributed by atoms with Crippen LogP contribution in [0.1, 0.15) is 93.4 Å². The zero-order valence-corrected chi connectivity index (χ0v) is 22.2. The smallest absolute Gasteiger partial charge is 0.309 e. The van der Waals surface area contributed by atoms with Crippen LogP contribution in [0, 0.1) is 45.3 Å². The Labute approximate surface area is 205 Å². The lowest BCUT2D eigenvalue weighted by Crippen LogP contribution is -2.61. The Morgan fingerprint density at radius 2 is 1.85 bits per heavy atom. The van der Waals surface area contributed by atoms with Crippen LogP contribution >= 0.6 is 0 Å². The summed E-state index contributed by atoms with van der Waals surface area (Å²) in [7, 11) is 0. The van der Waals surface area contributed by atoms with Gasteiger partial charge in [0.2, 0.25) is 0 Å². The Bertz CT molecular complexity index is 970. The minimum absolute atomic E-state index is 0.000202. The second-order valence-corrected chi connectivity index (χ2v) is 13.8. The van der Waals surface area contributed by atoms with Gasteiger partial charge in [0.05, 0.1) is 12.0 Å². The number of carbonyl (C=O) groups excluding carboxylic acids is 2. The van der Waals surface area contributed by atoms with Crippen molar-refractivity contribution < 1.29 is 19.4 Å². The van der Waals surface area contributed by atoms with E-state index in [1.165, 1.54) is 11.1 Å². The van der Waals surface area contributed by atoms with Gasteiger partial charge in [-0.2, -0.15) is 0 Å². The van der Waals surface area contributed by atoms with Crippen molar-refractivity contribution >= 4 is 11.8 Å². The average Bonchev–Trinajstić information content (AvgIpc) is 3.15. The Morgan fingerprint density at radius 1 is 1.15 bits per heavy atom. The summed E-state index contributed by atoms with van der Waals surface area (Å²) in [4.78, 5) is 25.8. The maximum atomic E-state index is 12.9. The molecule has 0 bridgehead atoms. The van der Waals surface area contributed by atoms with Crippen molar-refractivity contribution in [1.82, 2.24) is 0 Å². The number of carbonyl (C=O) groups is 2. The van der Waals surface area contributed by atoms with Gasteiger partial charge in [-0.25, -0.2) is 0 Å². The van der Waals surface area contributed by atoms with E-state index in [4.69, 9.17) is 4.74 Å². The van der Waals surface area contributed by atoms with E-state index in [0.717, 1.165) is 38.5 Å². The fourth-order valence-electron chi connectivity index (χ4n) is 9.80. The van der Waals surface area contributed by atoms with Crippen molar-refractivity contribution in [2.45, 2.75) is 106 Å². The first-order chi connectivity index (χ1) is 15.8. The molecule has 0 aromatic carbocycles. The van der Waals surface area contributed by atoms with Gasteiger partial charge in [-0.05, 0) is 74.5 Å². The topological polar surface area (TPSA) is 63.6 Å². The molecule has 188 valence electrons. The Hall–Kier alpha value is -1.42. The van der Waals surface area contributed by atoms with Crippen LogP contribution in [0.2, 0.25) is 0 Å². The fraction of sp³-hybridized carbons (Fsp3) is 0.800. The number of aliphatic hydroxyl groups excluding tert-OH is 1. The minimum Gasteiger partial charge on any atom is -0.462 e. The SMILES string of the molecule is CC(C)=CCC[C@H]1C(=O)O[C@H]2C[C@]3(C)C4=C[C@@H](O)[C@H]5C(C)(C)C(=O)CC[C@]5(C)[C@H]4CC[C@@]3(C)[C@@H]21. The maximum Gasteiger partial charge on any atom is 0.309 e. The van der Waals surface area contributed by atoms with E-state index in [-0.39, 0.29) is 46.1 Å². The second-order valence-electron chi connectivity index (χ2n) is 13.8. The van der Waals surface area contributed by atoms with Crippen molar-refractivity contribution in [3.8, 4) is 0 Å². The van der Waals surface area contributed by atoms with Crippen LogP contribution in [0.25, 0.3) is 0 Å². The summed E-state index contributed by atoms with van der Waals surface area (Å²) in [5.74, 6) is 0.833. The van der Waals surface area contributed by atoms with E-state index in [2.05, 4.69) is 46.8 Å². The summed E-state index contributed by atoms with van der Waals surface area (Å²) in [6.45, 7) is 15.4. The molecule has 0 aromatic heterocycles. The molecule has 4 aliphatic carbocycles. The fourth-order valence-corrected chi connectivity index (χ4v) is 9.80. The first-order valence-electron chi connectivity index (χ1n) is 13.5. The Kier molecular flexibility index (Phi) is 5.39. The summed E-state index contributed by atoms with van der Waals surface area (Å²) >= 11 is 0. The molecule has 0 aromatic rings. The monoisotopic (exact) mass is 468 g/mol. The lowest BCUT2D eigenvalue weighted by Gasteiger charge is -2.63. The van der Waals surface area contributed by atoms with Gasteiger partial charge in [0, 0.05) is 23.7 Å². The van der Waals surface area contributed by atoms with Gasteiger partial charge < -0.3 is 9.84 Å². The zero-order valence-electron chi connectivity index (χ0n) is 22.2. The molecule has 0 amide bonds. The molecule has 34 heavy (non-hydrogen) atoms. The number of ketones is 1. The number of fused-ring (bicyclic) bond motifs is 7. The quantitative estimate of drug-likeness (QED) is 0.406. The van der Waals surface area contributed by atoms with Gasteiger partial charge in [-0.1, -0.05) is 57.9 Å². The molecule has 1 saturated heterocycles. The van der Waals surface area contributed by atoms with Gasteiger partial charge in [0.25, 0.3) is 0 Å². The highest BCUT2D eigenvalue weighted by atomic mass is 16.6. The summed E-state index contributed by atoms with van der Waals surface area (Å²) in [6.07, 6.45) is 10.0. The normalized spacial score (nSPS) is 48.8. The van der Waals surface area contributed by atoms with Gasteiger partial charge in [-0.15, -0.1) is 0 Å². The summed E-state index contributed by atoms with van der Waals surface area (Å²) < 4.78 is 6.07. The van der Waals surface area contributed by atoms with Crippen LogP contribution in [-0.2, 0) is 14.3 Å². The largest absolute Gasteiger partial charge is 0.462 e.